The van der Waals surface area contributed by atoms with Crippen LogP contribution in [0.2, 0.25) is 0 Å². The maximum Gasteiger partial charge on any atom is 0.410 e. The molecule has 1 saturated heterocycles. The molecule has 0 saturated carbocycles. The van der Waals surface area contributed by atoms with E-state index < -0.39 is 5.60 Å². The van der Waals surface area contributed by atoms with Crippen LogP contribution in [0, 0.1) is 0 Å². The van der Waals surface area contributed by atoms with Gasteiger partial charge in [0.25, 0.3) is 0 Å². The van der Waals surface area contributed by atoms with Gasteiger partial charge in [-0.25, -0.2) is 4.79 Å². The molecule has 43 heavy (non-hydrogen) atoms. The molecule has 1 aliphatic rings. The smallest absolute Gasteiger partial charge is 0.410 e. The molecule has 0 bridgehead atoms. The number of likely N-dealkylation sites (tertiary alicyclic amines) is 1. The highest BCUT2D eigenvalue weighted by Gasteiger charge is 2.35. The number of ether oxygens (including phenoxy) is 4. The number of fused-ring (bicyclic) bond motifs is 1. The zero-order chi connectivity index (χ0) is 30.1. The highest BCUT2D eigenvalue weighted by atomic mass is 16.6. The largest absolute Gasteiger partial charge is 0.494 e. The summed E-state index contributed by atoms with van der Waals surface area (Å²) in [6.45, 7) is 9.13. The molecular formula is C37H43NO5. The van der Waals surface area contributed by atoms with Crippen molar-refractivity contribution in [3.8, 4) is 5.75 Å². The third-order valence-electron chi connectivity index (χ3n) is 7.61. The van der Waals surface area contributed by atoms with E-state index in [0.717, 1.165) is 29.7 Å². The standard InChI is InChI=1S/C37H43NO5/c1-37(2,3)43-36(39)38-21-20-34(35(25-38)42-27-29-16-17-30-10-7-8-11-32(30)24-29)31-18-14-28(15-19-31)26-40-22-9-23-41-33-12-5-4-6-13-33/h4-8,10-19,24,34-35H,9,20-23,25-27H2,1-3H3. The van der Waals surface area contributed by atoms with Crippen molar-refractivity contribution >= 4 is 16.9 Å². The van der Waals surface area contributed by atoms with Crippen LogP contribution in [0.15, 0.2) is 97.1 Å². The van der Waals surface area contributed by atoms with Crippen molar-refractivity contribution in [1.82, 2.24) is 4.90 Å². The predicted molar refractivity (Wildman–Crippen MR) is 170 cm³/mol. The summed E-state index contributed by atoms with van der Waals surface area (Å²) in [6, 6.07) is 33.3. The number of carbonyl (C=O) groups excluding carboxylic acids is 1. The van der Waals surface area contributed by atoms with Crippen LogP contribution < -0.4 is 4.74 Å². The SMILES string of the molecule is CC(C)(C)OC(=O)N1CCC(c2ccc(COCCCOc3ccccc3)cc2)C(OCc2ccc3ccccc3c2)C1. The van der Waals surface area contributed by atoms with Gasteiger partial charge < -0.3 is 23.8 Å². The fourth-order valence-corrected chi connectivity index (χ4v) is 5.41. The van der Waals surface area contributed by atoms with Gasteiger partial charge in [0.15, 0.2) is 0 Å². The number of hydrogen-bond donors (Lipinski definition) is 0. The molecule has 4 aromatic rings. The number of benzene rings is 4. The number of nitrogens with zero attached hydrogens (tertiary/aromatic N) is 1. The second-order valence-electron chi connectivity index (χ2n) is 12.2. The van der Waals surface area contributed by atoms with Crippen molar-refractivity contribution in [2.24, 2.45) is 0 Å². The summed E-state index contributed by atoms with van der Waals surface area (Å²) in [5, 5.41) is 2.41. The summed E-state index contributed by atoms with van der Waals surface area (Å²) < 4.78 is 23.9. The van der Waals surface area contributed by atoms with Crippen molar-refractivity contribution in [2.75, 3.05) is 26.3 Å². The maximum absolute atomic E-state index is 12.9. The monoisotopic (exact) mass is 581 g/mol. The Labute approximate surface area is 255 Å². The van der Waals surface area contributed by atoms with Crippen LogP contribution in [0.1, 0.15) is 56.2 Å². The molecule has 6 nitrogen and oxygen atoms in total. The Bertz CT molecular complexity index is 1450. The first-order valence-electron chi connectivity index (χ1n) is 15.3. The third-order valence-corrected chi connectivity index (χ3v) is 7.61. The number of hydrogen-bond acceptors (Lipinski definition) is 5. The normalized spacial score (nSPS) is 17.1. The van der Waals surface area contributed by atoms with Gasteiger partial charge in [-0.05, 0) is 72.9 Å². The molecule has 1 fully saturated rings. The predicted octanol–water partition coefficient (Wildman–Crippen LogP) is 8.14. The van der Waals surface area contributed by atoms with Crippen LogP contribution in [-0.2, 0) is 27.4 Å². The van der Waals surface area contributed by atoms with Crippen LogP contribution >= 0.6 is 0 Å². The zero-order valence-electron chi connectivity index (χ0n) is 25.5. The molecule has 2 atom stereocenters. The van der Waals surface area contributed by atoms with Gasteiger partial charge >= 0.3 is 6.09 Å². The fraction of sp³-hybridized carbons (Fsp3) is 0.378. The van der Waals surface area contributed by atoms with Crippen LogP contribution in [0.4, 0.5) is 4.79 Å². The summed E-state index contributed by atoms with van der Waals surface area (Å²) in [5.41, 5.74) is 2.93. The number of amides is 1. The minimum absolute atomic E-state index is 0.153. The summed E-state index contributed by atoms with van der Waals surface area (Å²) >= 11 is 0. The number of para-hydroxylation sites is 1. The molecule has 2 unspecified atom stereocenters. The van der Waals surface area contributed by atoms with Gasteiger partial charge in [-0.3, -0.25) is 0 Å². The number of carbonyl (C=O) groups is 1. The molecule has 5 rings (SSSR count). The van der Waals surface area contributed by atoms with E-state index >= 15 is 0 Å². The maximum atomic E-state index is 12.9. The molecular weight excluding hydrogens is 538 g/mol. The lowest BCUT2D eigenvalue weighted by Crippen LogP contribution is -2.48. The Kier molecular flexibility index (Phi) is 10.3. The average molecular weight is 582 g/mol. The van der Waals surface area contributed by atoms with Gasteiger partial charge in [-0.15, -0.1) is 0 Å². The highest BCUT2D eigenvalue weighted by Crippen LogP contribution is 2.32. The van der Waals surface area contributed by atoms with Crippen LogP contribution in [0.5, 0.6) is 5.75 Å². The molecule has 1 amide bonds. The van der Waals surface area contributed by atoms with Crippen LogP contribution in [0.3, 0.4) is 0 Å². The van der Waals surface area contributed by atoms with E-state index in [0.29, 0.717) is 39.5 Å². The van der Waals surface area contributed by atoms with Crippen molar-refractivity contribution in [2.45, 2.75) is 64.4 Å². The zero-order valence-corrected chi connectivity index (χ0v) is 25.5. The second kappa shape index (κ2) is 14.5. The minimum Gasteiger partial charge on any atom is -0.494 e. The van der Waals surface area contributed by atoms with Crippen LogP contribution in [0.25, 0.3) is 10.8 Å². The Morgan fingerprint density at radius 1 is 0.814 bits per heavy atom. The molecule has 226 valence electrons. The topological polar surface area (TPSA) is 57.2 Å². The van der Waals surface area contributed by atoms with E-state index in [1.165, 1.54) is 16.3 Å². The van der Waals surface area contributed by atoms with Crippen molar-refractivity contribution in [3.05, 3.63) is 114 Å². The van der Waals surface area contributed by atoms with E-state index in [1.807, 2.05) is 51.1 Å². The molecule has 0 aromatic heterocycles. The first kappa shape index (κ1) is 30.6. The molecule has 4 aromatic carbocycles. The first-order chi connectivity index (χ1) is 20.8. The molecule has 6 heteroatoms. The van der Waals surface area contributed by atoms with Gasteiger partial charge in [-0.2, -0.15) is 0 Å². The van der Waals surface area contributed by atoms with Crippen molar-refractivity contribution in [3.63, 3.8) is 0 Å². The van der Waals surface area contributed by atoms with Gasteiger partial charge in [0.1, 0.15) is 11.4 Å². The third kappa shape index (κ3) is 9.06. The van der Waals surface area contributed by atoms with E-state index in [4.69, 9.17) is 18.9 Å². The lowest BCUT2D eigenvalue weighted by Gasteiger charge is -2.39. The fourth-order valence-electron chi connectivity index (χ4n) is 5.41. The van der Waals surface area contributed by atoms with E-state index in [2.05, 4.69) is 66.7 Å². The molecule has 0 aliphatic carbocycles. The molecule has 1 heterocycles. The lowest BCUT2D eigenvalue weighted by atomic mass is 9.86. The summed E-state index contributed by atoms with van der Waals surface area (Å²) in [7, 11) is 0. The van der Waals surface area contributed by atoms with Gasteiger partial charge in [-0.1, -0.05) is 78.9 Å². The quantitative estimate of drug-likeness (QED) is 0.167. The Hall–Kier alpha value is -3.87. The lowest BCUT2D eigenvalue weighted by molar-refractivity contribution is -0.0359. The molecule has 0 radical (unpaired) electrons. The Morgan fingerprint density at radius 2 is 1.53 bits per heavy atom. The van der Waals surface area contributed by atoms with E-state index in [1.54, 1.807) is 4.90 Å². The Morgan fingerprint density at radius 3 is 2.30 bits per heavy atom. The summed E-state index contributed by atoms with van der Waals surface area (Å²) in [6.07, 6.45) is 1.20. The highest BCUT2D eigenvalue weighted by molar-refractivity contribution is 5.82. The molecule has 0 spiro atoms. The van der Waals surface area contributed by atoms with Crippen molar-refractivity contribution < 1.29 is 23.7 Å². The molecule has 0 N–H and O–H groups in total. The van der Waals surface area contributed by atoms with Gasteiger partial charge in [0, 0.05) is 18.9 Å². The van der Waals surface area contributed by atoms with Crippen LogP contribution in [-0.4, -0.2) is 49.0 Å². The van der Waals surface area contributed by atoms with Gasteiger partial charge in [0.2, 0.25) is 0 Å². The number of piperidine rings is 1. The second-order valence-corrected chi connectivity index (χ2v) is 12.2. The summed E-state index contributed by atoms with van der Waals surface area (Å²) in [4.78, 5) is 14.7. The van der Waals surface area contributed by atoms with E-state index in [-0.39, 0.29) is 18.1 Å². The number of rotatable bonds is 11. The summed E-state index contributed by atoms with van der Waals surface area (Å²) in [5.74, 6) is 1.05. The first-order valence-corrected chi connectivity index (χ1v) is 15.3. The Balaban J connectivity index is 1.18. The van der Waals surface area contributed by atoms with E-state index in [9.17, 15) is 4.79 Å². The van der Waals surface area contributed by atoms with Crippen molar-refractivity contribution in [1.29, 1.82) is 0 Å². The average Bonchev–Trinajstić information content (AvgIpc) is 3.01. The van der Waals surface area contributed by atoms with Gasteiger partial charge in [0.05, 0.1) is 39.1 Å². The minimum atomic E-state index is -0.539. The molecule has 1 aliphatic heterocycles.